The van der Waals surface area contributed by atoms with Crippen LogP contribution < -0.4 is 5.73 Å². The summed E-state index contributed by atoms with van der Waals surface area (Å²) in [6.07, 6.45) is 5.27. The van der Waals surface area contributed by atoms with Gasteiger partial charge in [-0.3, -0.25) is 4.79 Å². The molecule has 1 heterocycles. The van der Waals surface area contributed by atoms with E-state index >= 15 is 0 Å². The molecule has 94 valence electrons. The maximum Gasteiger partial charge on any atom is 0.137 e. The van der Waals surface area contributed by atoms with E-state index in [0.717, 1.165) is 11.4 Å². The smallest absolute Gasteiger partial charge is 0.137 e. The lowest BCUT2D eigenvalue weighted by atomic mass is 10.1. The first-order valence-corrected chi connectivity index (χ1v) is 5.97. The third kappa shape index (κ3) is 3.20. The van der Waals surface area contributed by atoms with Gasteiger partial charge in [-0.2, -0.15) is 0 Å². The SMILES string of the molecule is Cn1ccnc1CCC(=O)Cc1cccc(N)c1. The Hall–Kier alpha value is -2.10. The summed E-state index contributed by atoms with van der Waals surface area (Å²) in [6.45, 7) is 0. The molecular formula is C14H17N3O. The van der Waals surface area contributed by atoms with Crippen molar-refractivity contribution in [3.8, 4) is 0 Å². The van der Waals surface area contributed by atoms with Crippen LogP contribution in [-0.2, 0) is 24.7 Å². The molecule has 4 nitrogen and oxygen atoms in total. The number of carbonyl (C=O) groups excluding carboxylic acids is 1. The van der Waals surface area contributed by atoms with Crippen LogP contribution in [0, 0.1) is 0 Å². The Morgan fingerprint density at radius 3 is 2.94 bits per heavy atom. The maximum absolute atomic E-state index is 11.9. The third-order valence-electron chi connectivity index (χ3n) is 2.90. The zero-order chi connectivity index (χ0) is 13.0. The van der Waals surface area contributed by atoms with Crippen molar-refractivity contribution in [2.75, 3.05) is 5.73 Å². The predicted molar refractivity (Wildman–Crippen MR) is 71.1 cm³/mol. The number of nitrogens with zero attached hydrogens (tertiary/aromatic N) is 2. The summed E-state index contributed by atoms with van der Waals surface area (Å²) in [6, 6.07) is 7.46. The quantitative estimate of drug-likeness (QED) is 0.814. The molecule has 0 bridgehead atoms. The molecule has 2 rings (SSSR count). The van der Waals surface area contributed by atoms with Gasteiger partial charge in [0.2, 0.25) is 0 Å². The minimum absolute atomic E-state index is 0.212. The van der Waals surface area contributed by atoms with Crippen molar-refractivity contribution in [3.63, 3.8) is 0 Å². The van der Waals surface area contributed by atoms with E-state index in [4.69, 9.17) is 5.73 Å². The van der Waals surface area contributed by atoms with E-state index in [9.17, 15) is 4.79 Å². The van der Waals surface area contributed by atoms with Crippen molar-refractivity contribution >= 4 is 11.5 Å². The lowest BCUT2D eigenvalue weighted by Gasteiger charge is -2.03. The van der Waals surface area contributed by atoms with Gasteiger partial charge >= 0.3 is 0 Å². The summed E-state index contributed by atoms with van der Waals surface area (Å²) in [7, 11) is 1.94. The Labute approximate surface area is 106 Å². The minimum atomic E-state index is 0.212. The number of hydrogen-bond acceptors (Lipinski definition) is 3. The van der Waals surface area contributed by atoms with Gasteiger partial charge < -0.3 is 10.3 Å². The number of anilines is 1. The van der Waals surface area contributed by atoms with Gasteiger partial charge in [0.15, 0.2) is 0 Å². The third-order valence-corrected chi connectivity index (χ3v) is 2.90. The number of hydrogen-bond donors (Lipinski definition) is 1. The molecule has 1 aromatic heterocycles. The number of benzene rings is 1. The monoisotopic (exact) mass is 243 g/mol. The Morgan fingerprint density at radius 1 is 1.44 bits per heavy atom. The summed E-state index contributed by atoms with van der Waals surface area (Å²) < 4.78 is 1.94. The lowest BCUT2D eigenvalue weighted by molar-refractivity contribution is -0.118. The van der Waals surface area contributed by atoms with Crippen LogP contribution in [0.3, 0.4) is 0 Å². The average molecular weight is 243 g/mol. The molecule has 2 N–H and O–H groups in total. The number of rotatable bonds is 5. The molecule has 0 aliphatic rings. The lowest BCUT2D eigenvalue weighted by Crippen LogP contribution is -2.07. The zero-order valence-corrected chi connectivity index (χ0v) is 10.5. The summed E-state index contributed by atoms with van der Waals surface area (Å²) in [5.41, 5.74) is 7.35. The van der Waals surface area contributed by atoms with Gasteiger partial charge in [-0.05, 0) is 17.7 Å². The molecule has 0 aliphatic carbocycles. The number of carbonyl (C=O) groups is 1. The molecule has 0 fully saturated rings. The number of aryl methyl sites for hydroxylation is 2. The number of imidazole rings is 1. The number of nitrogens with two attached hydrogens (primary N) is 1. The molecule has 0 atom stereocenters. The second-order valence-electron chi connectivity index (χ2n) is 4.41. The molecule has 0 unspecified atom stereocenters. The van der Waals surface area contributed by atoms with Crippen molar-refractivity contribution in [2.24, 2.45) is 7.05 Å². The van der Waals surface area contributed by atoms with E-state index in [0.29, 0.717) is 24.9 Å². The second-order valence-corrected chi connectivity index (χ2v) is 4.41. The van der Waals surface area contributed by atoms with Gasteiger partial charge in [-0.15, -0.1) is 0 Å². The van der Waals surface area contributed by atoms with Crippen LogP contribution in [-0.4, -0.2) is 15.3 Å². The van der Waals surface area contributed by atoms with E-state index in [1.54, 1.807) is 6.20 Å². The molecule has 0 spiro atoms. The van der Waals surface area contributed by atoms with Crippen molar-refractivity contribution in [1.29, 1.82) is 0 Å². The molecule has 0 saturated carbocycles. The molecule has 4 heteroatoms. The van der Waals surface area contributed by atoms with Gasteiger partial charge in [-0.25, -0.2) is 4.98 Å². The van der Waals surface area contributed by atoms with Gasteiger partial charge in [0.25, 0.3) is 0 Å². The number of ketones is 1. The second kappa shape index (κ2) is 5.49. The molecule has 0 radical (unpaired) electrons. The fourth-order valence-electron chi connectivity index (χ4n) is 1.91. The number of Topliss-reactive ketones (excluding diaryl/α,β-unsaturated/α-hetero) is 1. The first kappa shape index (κ1) is 12.4. The van der Waals surface area contributed by atoms with E-state index in [2.05, 4.69) is 4.98 Å². The Bertz CT molecular complexity index is 545. The molecular weight excluding hydrogens is 226 g/mol. The normalized spacial score (nSPS) is 10.5. The minimum Gasteiger partial charge on any atom is -0.399 e. The van der Waals surface area contributed by atoms with Crippen LogP contribution in [0.4, 0.5) is 5.69 Å². The Kier molecular flexibility index (Phi) is 3.77. The van der Waals surface area contributed by atoms with E-state index in [1.165, 1.54) is 0 Å². The molecule has 2 aromatic rings. The Balaban J connectivity index is 1.88. The summed E-state index contributed by atoms with van der Waals surface area (Å²) in [5, 5.41) is 0. The van der Waals surface area contributed by atoms with Crippen LogP contribution in [0.1, 0.15) is 17.8 Å². The van der Waals surface area contributed by atoms with Gasteiger partial charge in [-0.1, -0.05) is 12.1 Å². The summed E-state index contributed by atoms with van der Waals surface area (Å²) in [4.78, 5) is 16.1. The molecule has 0 saturated heterocycles. The molecule has 18 heavy (non-hydrogen) atoms. The standard InChI is InChI=1S/C14H17N3O/c1-17-8-7-16-14(17)6-5-13(18)10-11-3-2-4-12(15)9-11/h2-4,7-9H,5-6,10,15H2,1H3. The first-order chi connectivity index (χ1) is 8.65. The highest BCUT2D eigenvalue weighted by Crippen LogP contribution is 2.09. The largest absolute Gasteiger partial charge is 0.399 e. The van der Waals surface area contributed by atoms with E-state index in [-0.39, 0.29) is 5.78 Å². The topological polar surface area (TPSA) is 60.9 Å². The van der Waals surface area contributed by atoms with E-state index < -0.39 is 0 Å². The van der Waals surface area contributed by atoms with Crippen molar-refractivity contribution in [2.45, 2.75) is 19.3 Å². The first-order valence-electron chi connectivity index (χ1n) is 5.97. The van der Waals surface area contributed by atoms with Crippen molar-refractivity contribution in [1.82, 2.24) is 9.55 Å². The summed E-state index contributed by atoms with van der Waals surface area (Å²) in [5.74, 6) is 1.15. The van der Waals surface area contributed by atoms with Gasteiger partial charge in [0.1, 0.15) is 11.6 Å². The maximum atomic E-state index is 11.9. The highest BCUT2D eigenvalue weighted by Gasteiger charge is 2.06. The van der Waals surface area contributed by atoms with Gasteiger partial charge in [0.05, 0.1) is 0 Å². The van der Waals surface area contributed by atoms with Gasteiger partial charge in [0, 0.05) is 44.4 Å². The number of aromatic nitrogens is 2. The zero-order valence-electron chi connectivity index (χ0n) is 10.5. The van der Waals surface area contributed by atoms with Crippen LogP contribution >= 0.6 is 0 Å². The Morgan fingerprint density at radius 2 is 2.28 bits per heavy atom. The highest BCUT2D eigenvalue weighted by molar-refractivity contribution is 5.81. The van der Waals surface area contributed by atoms with Crippen LogP contribution in [0.15, 0.2) is 36.7 Å². The van der Waals surface area contributed by atoms with Crippen LogP contribution in [0.2, 0.25) is 0 Å². The van der Waals surface area contributed by atoms with Crippen molar-refractivity contribution < 1.29 is 4.79 Å². The van der Waals surface area contributed by atoms with Crippen LogP contribution in [0.25, 0.3) is 0 Å². The summed E-state index contributed by atoms with van der Waals surface area (Å²) >= 11 is 0. The van der Waals surface area contributed by atoms with Crippen molar-refractivity contribution in [3.05, 3.63) is 48.0 Å². The highest BCUT2D eigenvalue weighted by atomic mass is 16.1. The molecule has 1 aromatic carbocycles. The molecule has 0 aliphatic heterocycles. The van der Waals surface area contributed by atoms with E-state index in [1.807, 2.05) is 42.1 Å². The van der Waals surface area contributed by atoms with Crippen LogP contribution in [0.5, 0.6) is 0 Å². The fourth-order valence-corrected chi connectivity index (χ4v) is 1.91. The number of nitrogen functional groups attached to an aromatic ring is 1. The predicted octanol–water partition coefficient (Wildman–Crippen LogP) is 1.75. The fraction of sp³-hybridized carbons (Fsp3) is 0.286. The molecule has 0 amide bonds. The average Bonchev–Trinajstić information content (AvgIpc) is 2.72.